The van der Waals surface area contributed by atoms with Crippen molar-refractivity contribution in [1.82, 2.24) is 21.1 Å². The maximum atomic E-state index is 11.1. The van der Waals surface area contributed by atoms with Crippen molar-refractivity contribution in [2.45, 2.75) is 12.5 Å². The van der Waals surface area contributed by atoms with E-state index in [0.717, 1.165) is 5.01 Å². The highest BCUT2D eigenvalue weighted by atomic mass is 32.1. The summed E-state index contributed by atoms with van der Waals surface area (Å²) < 4.78 is 0. The number of hydrogen-bond acceptors (Lipinski definition) is 6. The van der Waals surface area contributed by atoms with Gasteiger partial charge >= 0.3 is 0 Å². The molecular weight excluding hydrogens is 206 g/mol. The largest absolute Gasteiger partial charge is 0.314 e. The van der Waals surface area contributed by atoms with E-state index >= 15 is 0 Å². The van der Waals surface area contributed by atoms with E-state index in [1.807, 2.05) is 0 Å². The molecule has 1 atom stereocenters. The molecule has 0 spiro atoms. The van der Waals surface area contributed by atoms with Crippen molar-refractivity contribution in [1.29, 1.82) is 0 Å². The Hall–Kier alpha value is -1.09. The summed E-state index contributed by atoms with van der Waals surface area (Å²) in [5.74, 6) is -0.337. The third kappa shape index (κ3) is 1.28. The summed E-state index contributed by atoms with van der Waals surface area (Å²) in [6.45, 7) is 0.618. The van der Waals surface area contributed by atoms with E-state index in [0.29, 0.717) is 18.0 Å². The molecule has 2 heterocycles. The fourth-order valence-electron chi connectivity index (χ4n) is 1.08. The molecule has 2 rings (SSSR count). The molecule has 2 aliphatic rings. The third-order valence-corrected chi connectivity index (χ3v) is 2.56. The van der Waals surface area contributed by atoms with Crippen molar-refractivity contribution in [2.24, 2.45) is 5.73 Å². The van der Waals surface area contributed by atoms with Gasteiger partial charge in [-0.25, -0.2) is 5.01 Å². The molecule has 4 N–H and O–H groups in total. The van der Waals surface area contributed by atoms with Crippen LogP contribution in [0.1, 0.15) is 6.42 Å². The van der Waals surface area contributed by atoms with Gasteiger partial charge in [0.15, 0.2) is 0 Å². The fourth-order valence-corrected chi connectivity index (χ4v) is 1.32. The Labute approximate surface area is 85.1 Å². The van der Waals surface area contributed by atoms with E-state index in [9.17, 15) is 9.59 Å². The minimum absolute atomic E-state index is 0.0271. The molecule has 7 nitrogen and oxygen atoms in total. The van der Waals surface area contributed by atoms with Gasteiger partial charge in [-0.15, -0.1) is 11.1 Å². The Bertz CT molecular complexity index is 303. The van der Waals surface area contributed by atoms with E-state index in [1.54, 1.807) is 0 Å². The van der Waals surface area contributed by atoms with E-state index in [2.05, 4.69) is 11.1 Å². The van der Waals surface area contributed by atoms with Crippen molar-refractivity contribution in [3.63, 3.8) is 0 Å². The quantitative estimate of drug-likeness (QED) is 0.277. The van der Waals surface area contributed by atoms with Crippen LogP contribution >= 0.6 is 12.2 Å². The minimum Gasteiger partial charge on any atom is -0.314 e. The highest BCUT2D eigenvalue weighted by Crippen LogP contribution is 2.09. The normalized spacial score (nSPS) is 26.4. The number of hydrogen-bond donors (Lipinski definition) is 3. The second-order valence-corrected chi connectivity index (χ2v) is 3.43. The van der Waals surface area contributed by atoms with Crippen LogP contribution in [0.25, 0.3) is 0 Å². The SMILES string of the molecule is NC1C(=O)N(NNN2CCC2=O)C1=S. The smallest absolute Gasteiger partial charge is 0.267 e. The van der Waals surface area contributed by atoms with Gasteiger partial charge < -0.3 is 5.73 Å². The van der Waals surface area contributed by atoms with Crippen LogP contribution in [0.5, 0.6) is 0 Å². The van der Waals surface area contributed by atoms with Crippen molar-refractivity contribution >= 4 is 29.0 Å². The van der Waals surface area contributed by atoms with Crippen LogP contribution in [0.15, 0.2) is 0 Å². The van der Waals surface area contributed by atoms with E-state index in [-0.39, 0.29) is 11.8 Å². The zero-order valence-electron chi connectivity index (χ0n) is 7.19. The molecule has 1 unspecified atom stereocenters. The minimum atomic E-state index is -0.702. The van der Waals surface area contributed by atoms with Gasteiger partial charge in [0.25, 0.3) is 5.91 Å². The Kier molecular flexibility index (Phi) is 2.19. The number of carbonyl (C=O) groups is 2. The highest BCUT2D eigenvalue weighted by Gasteiger charge is 2.41. The second-order valence-electron chi connectivity index (χ2n) is 3.01. The van der Waals surface area contributed by atoms with Crippen molar-refractivity contribution in [3.8, 4) is 0 Å². The molecule has 0 aliphatic carbocycles. The van der Waals surface area contributed by atoms with E-state index in [4.69, 9.17) is 18.0 Å². The number of thiocarbonyl (C=S) groups is 1. The lowest BCUT2D eigenvalue weighted by atomic mass is 10.2. The number of rotatable bonds is 3. The molecule has 0 bridgehead atoms. The van der Waals surface area contributed by atoms with Crippen LogP contribution in [0.4, 0.5) is 0 Å². The fraction of sp³-hybridized carbons (Fsp3) is 0.500. The predicted octanol–water partition coefficient (Wildman–Crippen LogP) is -2.36. The molecule has 76 valence electrons. The molecule has 0 aromatic carbocycles. The van der Waals surface area contributed by atoms with Crippen LogP contribution in [0.3, 0.4) is 0 Å². The molecule has 0 aromatic rings. The van der Waals surface area contributed by atoms with Gasteiger partial charge in [-0.1, -0.05) is 12.2 Å². The third-order valence-electron chi connectivity index (χ3n) is 2.12. The first-order chi connectivity index (χ1) is 6.61. The zero-order chi connectivity index (χ0) is 10.3. The summed E-state index contributed by atoms with van der Waals surface area (Å²) >= 11 is 4.81. The van der Waals surface area contributed by atoms with Crippen LogP contribution < -0.4 is 16.8 Å². The number of β-lactam (4-membered cyclic amide) rings is 2. The monoisotopic (exact) mass is 215 g/mol. The summed E-state index contributed by atoms with van der Waals surface area (Å²) in [4.78, 5) is 22.2. The van der Waals surface area contributed by atoms with Crippen molar-refractivity contribution in [2.75, 3.05) is 6.54 Å². The van der Waals surface area contributed by atoms with Gasteiger partial charge in [-0.3, -0.25) is 14.6 Å². The standard InChI is InChI=1S/C6H9N5O2S/c7-4-5(13)11(6(4)14)9-8-10-2-1-3(10)12/h4,8-9H,1-2,7H2. The first-order valence-electron chi connectivity index (χ1n) is 4.06. The van der Waals surface area contributed by atoms with E-state index < -0.39 is 6.04 Å². The molecule has 8 heteroatoms. The molecule has 14 heavy (non-hydrogen) atoms. The number of hydrazine groups is 3. The van der Waals surface area contributed by atoms with Gasteiger partial charge in [0.05, 0.1) is 0 Å². The van der Waals surface area contributed by atoms with Crippen LogP contribution in [0.2, 0.25) is 0 Å². The zero-order valence-corrected chi connectivity index (χ0v) is 8.00. The number of nitrogens with two attached hydrogens (primary N) is 1. The summed E-state index contributed by atoms with van der Waals surface area (Å²) in [7, 11) is 0. The number of nitrogens with one attached hydrogen (secondary N) is 2. The molecule has 0 aromatic heterocycles. The Balaban J connectivity index is 1.79. The molecule has 2 amide bonds. The maximum absolute atomic E-state index is 11.1. The molecule has 2 aliphatic heterocycles. The number of carbonyl (C=O) groups excluding carboxylic acids is 2. The lowest BCUT2D eigenvalue weighted by molar-refractivity contribution is -0.151. The second kappa shape index (κ2) is 3.24. The molecule has 0 saturated carbocycles. The van der Waals surface area contributed by atoms with Gasteiger partial charge in [0, 0.05) is 13.0 Å². The summed E-state index contributed by atoms with van der Waals surface area (Å²) in [5.41, 5.74) is 10.4. The number of amides is 2. The summed E-state index contributed by atoms with van der Waals surface area (Å²) in [6.07, 6.45) is 0.520. The molecule has 0 radical (unpaired) electrons. The first kappa shape index (κ1) is 9.46. The lowest BCUT2D eigenvalue weighted by Gasteiger charge is -2.39. The Morgan fingerprint density at radius 2 is 2.14 bits per heavy atom. The summed E-state index contributed by atoms with van der Waals surface area (Å²) in [6, 6.07) is -0.702. The Morgan fingerprint density at radius 3 is 2.57 bits per heavy atom. The maximum Gasteiger partial charge on any atom is 0.267 e. The molecule has 2 fully saturated rings. The van der Waals surface area contributed by atoms with Gasteiger partial charge in [0.1, 0.15) is 11.0 Å². The predicted molar refractivity (Wildman–Crippen MR) is 50.0 cm³/mol. The van der Waals surface area contributed by atoms with Crippen molar-refractivity contribution in [3.05, 3.63) is 0 Å². The lowest BCUT2D eigenvalue weighted by Crippen LogP contribution is -2.73. The summed E-state index contributed by atoms with van der Waals surface area (Å²) in [5, 5.41) is 2.45. The van der Waals surface area contributed by atoms with Gasteiger partial charge in [0.2, 0.25) is 5.91 Å². The van der Waals surface area contributed by atoms with Gasteiger partial charge in [-0.2, -0.15) is 0 Å². The first-order valence-corrected chi connectivity index (χ1v) is 4.47. The molecular formula is C6H9N5O2S. The average Bonchev–Trinajstić information content (AvgIpc) is 2.20. The number of nitrogens with zero attached hydrogens (tertiary/aromatic N) is 2. The Morgan fingerprint density at radius 1 is 1.43 bits per heavy atom. The van der Waals surface area contributed by atoms with E-state index in [1.165, 1.54) is 5.01 Å². The van der Waals surface area contributed by atoms with Crippen LogP contribution in [0, 0.1) is 0 Å². The topological polar surface area (TPSA) is 90.7 Å². The highest BCUT2D eigenvalue weighted by molar-refractivity contribution is 7.80. The van der Waals surface area contributed by atoms with Crippen molar-refractivity contribution < 1.29 is 9.59 Å². The average molecular weight is 215 g/mol. The van der Waals surface area contributed by atoms with Crippen LogP contribution in [-0.2, 0) is 9.59 Å². The van der Waals surface area contributed by atoms with Crippen LogP contribution in [-0.4, -0.2) is 39.4 Å². The molecule has 2 saturated heterocycles. The van der Waals surface area contributed by atoms with Gasteiger partial charge in [-0.05, 0) is 0 Å².